The van der Waals surface area contributed by atoms with Crippen LogP contribution in [0.4, 0.5) is 10.1 Å². The van der Waals surface area contributed by atoms with Gasteiger partial charge in [0.05, 0.1) is 15.2 Å². The van der Waals surface area contributed by atoms with Gasteiger partial charge in [0.1, 0.15) is 5.82 Å². The van der Waals surface area contributed by atoms with E-state index in [1.807, 2.05) is 12.1 Å². The van der Waals surface area contributed by atoms with E-state index in [1.165, 1.54) is 12.1 Å². The van der Waals surface area contributed by atoms with Crippen LogP contribution in [-0.2, 0) is 6.54 Å². The van der Waals surface area contributed by atoms with Crippen LogP contribution in [0.2, 0.25) is 5.02 Å². The number of benzene rings is 2. The largest absolute Gasteiger partial charge is 0.454 e. The van der Waals surface area contributed by atoms with E-state index in [9.17, 15) is 4.39 Å². The summed E-state index contributed by atoms with van der Waals surface area (Å²) >= 11 is 9.40. The average molecular weight is 359 g/mol. The van der Waals surface area contributed by atoms with Gasteiger partial charge in [-0.3, -0.25) is 0 Å². The number of hydrogen-bond donors (Lipinski definition) is 1. The predicted molar refractivity (Wildman–Crippen MR) is 79.0 cm³/mol. The lowest BCUT2D eigenvalue weighted by molar-refractivity contribution is 0.173. The summed E-state index contributed by atoms with van der Waals surface area (Å²) in [6.07, 6.45) is 0. The zero-order valence-electron chi connectivity index (χ0n) is 10.3. The number of halogens is 3. The van der Waals surface area contributed by atoms with E-state index >= 15 is 0 Å². The van der Waals surface area contributed by atoms with Gasteiger partial charge in [-0.2, -0.15) is 0 Å². The van der Waals surface area contributed by atoms with Crippen LogP contribution in [-0.4, -0.2) is 6.79 Å². The molecule has 6 heteroatoms. The van der Waals surface area contributed by atoms with Crippen molar-refractivity contribution in [1.82, 2.24) is 0 Å². The number of fused-ring (bicyclic) bond motifs is 1. The van der Waals surface area contributed by atoms with Gasteiger partial charge in [-0.1, -0.05) is 11.6 Å². The molecule has 0 unspecified atom stereocenters. The van der Waals surface area contributed by atoms with Gasteiger partial charge in [0, 0.05) is 6.54 Å². The Morgan fingerprint density at radius 1 is 1.25 bits per heavy atom. The molecule has 0 spiro atoms. The third-order valence-corrected chi connectivity index (χ3v) is 3.80. The van der Waals surface area contributed by atoms with Gasteiger partial charge in [0.2, 0.25) is 6.79 Å². The van der Waals surface area contributed by atoms with Crippen molar-refractivity contribution in [2.45, 2.75) is 6.54 Å². The molecule has 0 saturated carbocycles. The molecule has 0 saturated heterocycles. The monoisotopic (exact) mass is 357 g/mol. The molecule has 3 rings (SSSR count). The summed E-state index contributed by atoms with van der Waals surface area (Å²) in [4.78, 5) is 0. The van der Waals surface area contributed by atoms with Crippen molar-refractivity contribution in [3.8, 4) is 11.5 Å². The highest BCUT2D eigenvalue weighted by Gasteiger charge is 2.17. The van der Waals surface area contributed by atoms with Gasteiger partial charge in [-0.15, -0.1) is 0 Å². The second-order valence-electron chi connectivity index (χ2n) is 4.29. The Kier molecular flexibility index (Phi) is 3.72. The van der Waals surface area contributed by atoms with E-state index in [0.29, 0.717) is 28.8 Å². The third-order valence-electron chi connectivity index (χ3n) is 2.90. The average Bonchev–Trinajstić information content (AvgIpc) is 2.86. The molecular formula is C14H10BrClFNO2. The van der Waals surface area contributed by atoms with Crippen molar-refractivity contribution < 1.29 is 13.9 Å². The van der Waals surface area contributed by atoms with Crippen molar-refractivity contribution in [2.24, 2.45) is 0 Å². The molecule has 20 heavy (non-hydrogen) atoms. The van der Waals surface area contributed by atoms with Crippen LogP contribution in [0, 0.1) is 5.82 Å². The minimum atomic E-state index is -0.355. The molecule has 0 amide bonds. The van der Waals surface area contributed by atoms with Crippen LogP contribution in [0.1, 0.15) is 5.56 Å². The Hall–Kier alpha value is -1.46. The molecule has 0 radical (unpaired) electrons. The summed E-state index contributed by atoms with van der Waals surface area (Å²) in [7, 11) is 0. The number of rotatable bonds is 3. The quantitative estimate of drug-likeness (QED) is 0.871. The summed E-state index contributed by atoms with van der Waals surface area (Å²) in [5, 5.41) is 3.51. The predicted octanol–water partition coefficient (Wildman–Crippen LogP) is 4.58. The molecule has 1 aliphatic heterocycles. The van der Waals surface area contributed by atoms with E-state index < -0.39 is 0 Å². The minimum absolute atomic E-state index is 0.231. The fraction of sp³-hybridized carbons (Fsp3) is 0.143. The normalized spacial score (nSPS) is 12.6. The number of hydrogen-bond acceptors (Lipinski definition) is 3. The van der Waals surface area contributed by atoms with Crippen molar-refractivity contribution in [2.75, 3.05) is 12.1 Å². The molecule has 0 aromatic heterocycles. The Morgan fingerprint density at radius 3 is 2.90 bits per heavy atom. The van der Waals surface area contributed by atoms with Gasteiger partial charge in [-0.25, -0.2) is 4.39 Å². The van der Waals surface area contributed by atoms with E-state index in [-0.39, 0.29) is 12.6 Å². The fourth-order valence-corrected chi connectivity index (χ4v) is 2.79. The maximum atomic E-state index is 13.0. The molecule has 0 fully saturated rings. The van der Waals surface area contributed by atoms with Crippen LogP contribution in [0.3, 0.4) is 0 Å². The first-order chi connectivity index (χ1) is 9.63. The molecule has 0 bridgehead atoms. The summed E-state index contributed by atoms with van der Waals surface area (Å²) in [6, 6.07) is 8.10. The molecule has 1 aliphatic rings. The topological polar surface area (TPSA) is 30.5 Å². The van der Waals surface area contributed by atoms with Gasteiger partial charge in [0.15, 0.2) is 11.5 Å². The lowest BCUT2D eigenvalue weighted by atomic mass is 10.2. The first-order valence-electron chi connectivity index (χ1n) is 5.90. The van der Waals surface area contributed by atoms with E-state index in [2.05, 4.69) is 21.2 Å². The van der Waals surface area contributed by atoms with Crippen LogP contribution in [0.15, 0.2) is 34.8 Å². The van der Waals surface area contributed by atoms with Gasteiger partial charge in [0.25, 0.3) is 0 Å². The first kappa shape index (κ1) is 13.5. The summed E-state index contributed by atoms with van der Waals surface area (Å²) < 4.78 is 24.5. The van der Waals surface area contributed by atoms with Gasteiger partial charge in [-0.05, 0) is 51.8 Å². The van der Waals surface area contributed by atoms with Crippen molar-refractivity contribution in [3.63, 3.8) is 0 Å². The molecule has 2 aromatic carbocycles. The Balaban J connectivity index is 1.77. The van der Waals surface area contributed by atoms with E-state index in [0.717, 1.165) is 10.0 Å². The highest BCUT2D eigenvalue weighted by molar-refractivity contribution is 9.10. The van der Waals surface area contributed by atoms with Gasteiger partial charge >= 0.3 is 0 Å². The summed E-state index contributed by atoms with van der Waals surface area (Å²) in [5.74, 6) is 1.07. The minimum Gasteiger partial charge on any atom is -0.454 e. The second-order valence-corrected chi connectivity index (χ2v) is 5.55. The fourth-order valence-electron chi connectivity index (χ4n) is 1.95. The first-order valence-corrected chi connectivity index (χ1v) is 7.07. The Morgan fingerprint density at radius 2 is 2.10 bits per heavy atom. The Bertz CT molecular complexity index is 666. The van der Waals surface area contributed by atoms with Crippen LogP contribution in [0.5, 0.6) is 11.5 Å². The van der Waals surface area contributed by atoms with Crippen LogP contribution < -0.4 is 14.8 Å². The molecule has 1 heterocycles. The maximum absolute atomic E-state index is 13.0. The lowest BCUT2D eigenvalue weighted by Gasteiger charge is -2.10. The zero-order valence-corrected chi connectivity index (χ0v) is 12.6. The van der Waals surface area contributed by atoms with Crippen molar-refractivity contribution in [1.29, 1.82) is 0 Å². The highest BCUT2D eigenvalue weighted by atomic mass is 79.9. The smallest absolute Gasteiger partial charge is 0.231 e. The molecule has 0 atom stereocenters. The number of ether oxygens (including phenoxy) is 2. The molecule has 3 nitrogen and oxygen atoms in total. The number of anilines is 1. The van der Waals surface area contributed by atoms with Crippen molar-refractivity contribution in [3.05, 3.63) is 51.2 Å². The molecule has 104 valence electrons. The molecule has 1 N–H and O–H groups in total. The molecule has 2 aromatic rings. The summed E-state index contributed by atoms with van der Waals surface area (Å²) in [5.41, 5.74) is 1.68. The number of nitrogens with one attached hydrogen (secondary N) is 1. The van der Waals surface area contributed by atoms with Gasteiger partial charge < -0.3 is 14.8 Å². The third kappa shape index (κ3) is 2.69. The van der Waals surface area contributed by atoms with Crippen LogP contribution >= 0.6 is 27.5 Å². The molecular weight excluding hydrogens is 349 g/mol. The maximum Gasteiger partial charge on any atom is 0.231 e. The molecule has 0 aliphatic carbocycles. The lowest BCUT2D eigenvalue weighted by Crippen LogP contribution is -2.00. The van der Waals surface area contributed by atoms with E-state index in [4.69, 9.17) is 21.1 Å². The second kappa shape index (κ2) is 5.50. The standard InChI is InChI=1S/C14H10BrClFNO2/c15-10-3-8(4-13-14(10)20-7-19-13)6-18-12-2-1-9(17)5-11(12)16/h1-5,18H,6-7H2. The zero-order chi connectivity index (χ0) is 14.1. The summed E-state index contributed by atoms with van der Waals surface area (Å²) in [6.45, 7) is 0.773. The highest BCUT2D eigenvalue weighted by Crippen LogP contribution is 2.40. The van der Waals surface area contributed by atoms with Crippen molar-refractivity contribution >= 4 is 33.2 Å². The Labute approximate surface area is 128 Å². The van der Waals surface area contributed by atoms with Crippen LogP contribution in [0.25, 0.3) is 0 Å². The van der Waals surface area contributed by atoms with E-state index in [1.54, 1.807) is 6.07 Å². The SMILES string of the molecule is Fc1ccc(NCc2cc(Br)c3c(c2)OCO3)c(Cl)c1.